The summed E-state index contributed by atoms with van der Waals surface area (Å²) in [7, 11) is 0. The summed E-state index contributed by atoms with van der Waals surface area (Å²) in [6, 6.07) is 0. The smallest absolute Gasteiger partial charge is 0.294 e. The minimum Gasteiger partial charge on any atom is -0.379 e. The van der Waals surface area contributed by atoms with Gasteiger partial charge in [-0.1, -0.05) is 6.92 Å². The van der Waals surface area contributed by atoms with Gasteiger partial charge in [-0.05, 0) is 0 Å². The minimum atomic E-state index is -0.947. The lowest BCUT2D eigenvalue weighted by atomic mass is 9.79. The van der Waals surface area contributed by atoms with Gasteiger partial charge in [0, 0.05) is 12.0 Å². The van der Waals surface area contributed by atoms with Crippen LogP contribution in [-0.2, 0) is 18.9 Å². The molecule has 4 aliphatic rings. The molecule has 4 aliphatic heterocycles. The molecule has 4 heterocycles. The third-order valence-electron chi connectivity index (χ3n) is 3.63. The molecule has 0 aliphatic carbocycles. The Bertz CT molecular complexity index is 247. The molecule has 0 aromatic rings. The van der Waals surface area contributed by atoms with Crippen molar-refractivity contribution in [2.24, 2.45) is 16.6 Å². The maximum absolute atomic E-state index is 5.79. The van der Waals surface area contributed by atoms with Crippen LogP contribution in [-0.4, -0.2) is 45.6 Å². The largest absolute Gasteiger partial charge is 0.379 e. The van der Waals surface area contributed by atoms with Gasteiger partial charge in [0.15, 0.2) is 0 Å². The van der Waals surface area contributed by atoms with Crippen LogP contribution in [0.25, 0.3) is 0 Å². The van der Waals surface area contributed by atoms with Crippen LogP contribution < -0.4 is 5.73 Å². The second kappa shape index (κ2) is 2.93. The molecule has 4 saturated heterocycles. The van der Waals surface area contributed by atoms with Gasteiger partial charge in [-0.15, -0.1) is 0 Å². The number of hydrogen-bond donors (Lipinski definition) is 1. The zero-order chi connectivity index (χ0) is 10.6. The standard InChI is InChI=1S/C10H17NO4/c1-8-3-13-10(14-4-8,15-5-8)9(2-11)6-12-7-9/h2-7,11H2,1H3. The average molecular weight is 215 g/mol. The summed E-state index contributed by atoms with van der Waals surface area (Å²) in [6.07, 6.45) is 0. The summed E-state index contributed by atoms with van der Waals surface area (Å²) in [5.41, 5.74) is 5.48. The molecule has 4 rings (SSSR count). The van der Waals surface area contributed by atoms with Gasteiger partial charge in [0.05, 0.1) is 33.0 Å². The van der Waals surface area contributed by atoms with Gasteiger partial charge in [0.2, 0.25) is 0 Å². The molecule has 4 fully saturated rings. The van der Waals surface area contributed by atoms with Crippen molar-refractivity contribution in [2.45, 2.75) is 12.9 Å². The van der Waals surface area contributed by atoms with Crippen LogP contribution in [0.5, 0.6) is 0 Å². The van der Waals surface area contributed by atoms with Crippen LogP contribution in [0.1, 0.15) is 6.92 Å². The Balaban J connectivity index is 1.86. The lowest BCUT2D eigenvalue weighted by Gasteiger charge is -2.59. The maximum atomic E-state index is 5.79. The zero-order valence-corrected chi connectivity index (χ0v) is 8.95. The highest BCUT2D eigenvalue weighted by Crippen LogP contribution is 2.50. The van der Waals surface area contributed by atoms with Crippen molar-refractivity contribution in [3.63, 3.8) is 0 Å². The molecule has 0 aromatic heterocycles. The van der Waals surface area contributed by atoms with Gasteiger partial charge < -0.3 is 24.7 Å². The van der Waals surface area contributed by atoms with E-state index in [0.717, 1.165) is 0 Å². The first-order chi connectivity index (χ1) is 7.14. The van der Waals surface area contributed by atoms with Crippen LogP contribution in [0.3, 0.4) is 0 Å². The van der Waals surface area contributed by atoms with Crippen molar-refractivity contribution >= 4 is 0 Å². The van der Waals surface area contributed by atoms with Crippen molar-refractivity contribution in [3.05, 3.63) is 0 Å². The van der Waals surface area contributed by atoms with E-state index in [-0.39, 0.29) is 10.8 Å². The molecule has 0 aromatic carbocycles. The molecule has 0 saturated carbocycles. The van der Waals surface area contributed by atoms with E-state index in [9.17, 15) is 0 Å². The topological polar surface area (TPSA) is 62.9 Å². The molecule has 0 radical (unpaired) electrons. The summed E-state index contributed by atoms with van der Waals surface area (Å²) < 4.78 is 22.5. The SMILES string of the molecule is CC12COC(C3(CN)COC3)(OC1)OC2. The first-order valence-corrected chi connectivity index (χ1v) is 5.34. The number of rotatable bonds is 2. The van der Waals surface area contributed by atoms with Crippen molar-refractivity contribution in [3.8, 4) is 0 Å². The third kappa shape index (κ3) is 1.15. The Kier molecular flexibility index (Phi) is 1.95. The fourth-order valence-corrected chi connectivity index (χ4v) is 2.29. The quantitative estimate of drug-likeness (QED) is 0.685. The molecule has 2 bridgehead atoms. The van der Waals surface area contributed by atoms with Gasteiger partial charge >= 0.3 is 0 Å². The van der Waals surface area contributed by atoms with Crippen LogP contribution in [0.2, 0.25) is 0 Å². The Morgan fingerprint density at radius 1 is 1.00 bits per heavy atom. The van der Waals surface area contributed by atoms with E-state index < -0.39 is 5.97 Å². The molecular weight excluding hydrogens is 198 g/mol. The van der Waals surface area contributed by atoms with E-state index in [1.54, 1.807) is 0 Å². The zero-order valence-electron chi connectivity index (χ0n) is 8.95. The Labute approximate surface area is 88.8 Å². The molecule has 2 N–H and O–H groups in total. The van der Waals surface area contributed by atoms with E-state index >= 15 is 0 Å². The molecule has 5 nitrogen and oxygen atoms in total. The van der Waals surface area contributed by atoms with Crippen molar-refractivity contribution < 1.29 is 18.9 Å². The van der Waals surface area contributed by atoms with Gasteiger partial charge in [-0.25, -0.2) is 0 Å². The van der Waals surface area contributed by atoms with Crippen LogP contribution in [0, 0.1) is 10.8 Å². The van der Waals surface area contributed by atoms with Crippen LogP contribution in [0.15, 0.2) is 0 Å². The molecule has 5 heteroatoms. The molecular formula is C10H17NO4. The predicted octanol–water partition coefficient (Wildman–Crippen LogP) is -0.301. The summed E-state index contributed by atoms with van der Waals surface area (Å²) in [6.45, 7) is 5.70. The highest BCUT2D eigenvalue weighted by atomic mass is 16.9. The predicted molar refractivity (Wildman–Crippen MR) is 51.0 cm³/mol. The van der Waals surface area contributed by atoms with E-state index in [4.69, 9.17) is 24.7 Å². The summed E-state index contributed by atoms with van der Waals surface area (Å²) in [4.78, 5) is 0. The van der Waals surface area contributed by atoms with Crippen LogP contribution in [0.4, 0.5) is 0 Å². The second-order valence-corrected chi connectivity index (χ2v) is 5.21. The van der Waals surface area contributed by atoms with Crippen molar-refractivity contribution in [1.82, 2.24) is 0 Å². The summed E-state index contributed by atoms with van der Waals surface area (Å²) in [5, 5.41) is 0. The summed E-state index contributed by atoms with van der Waals surface area (Å²) in [5.74, 6) is -0.947. The van der Waals surface area contributed by atoms with E-state index in [1.807, 2.05) is 0 Å². The van der Waals surface area contributed by atoms with E-state index in [0.29, 0.717) is 39.6 Å². The molecule has 0 atom stereocenters. The number of hydrogen-bond acceptors (Lipinski definition) is 5. The first kappa shape index (κ1) is 9.99. The monoisotopic (exact) mass is 215 g/mol. The number of nitrogens with two attached hydrogens (primary N) is 1. The lowest BCUT2D eigenvalue weighted by molar-refractivity contribution is -0.520. The highest BCUT2D eigenvalue weighted by Gasteiger charge is 2.65. The second-order valence-electron chi connectivity index (χ2n) is 5.21. The third-order valence-corrected chi connectivity index (χ3v) is 3.63. The first-order valence-electron chi connectivity index (χ1n) is 5.34. The Morgan fingerprint density at radius 3 is 1.87 bits per heavy atom. The average Bonchev–Trinajstić information content (AvgIpc) is 2.19. The van der Waals surface area contributed by atoms with Gasteiger partial charge in [-0.2, -0.15) is 0 Å². The Hall–Kier alpha value is -0.200. The molecule has 0 unspecified atom stereocenters. The maximum Gasteiger partial charge on any atom is 0.294 e. The van der Waals surface area contributed by atoms with Crippen molar-refractivity contribution in [1.29, 1.82) is 0 Å². The highest BCUT2D eigenvalue weighted by molar-refractivity contribution is 5.00. The molecule has 86 valence electrons. The summed E-state index contributed by atoms with van der Waals surface area (Å²) >= 11 is 0. The van der Waals surface area contributed by atoms with E-state index in [2.05, 4.69) is 6.92 Å². The fourth-order valence-electron chi connectivity index (χ4n) is 2.29. The van der Waals surface area contributed by atoms with Crippen molar-refractivity contribution in [2.75, 3.05) is 39.6 Å². The van der Waals surface area contributed by atoms with E-state index in [1.165, 1.54) is 0 Å². The molecule has 0 amide bonds. The van der Waals surface area contributed by atoms with Crippen LogP contribution >= 0.6 is 0 Å². The van der Waals surface area contributed by atoms with Gasteiger partial charge in [0.25, 0.3) is 5.97 Å². The number of fused-ring (bicyclic) bond motifs is 3. The van der Waals surface area contributed by atoms with Gasteiger partial charge in [0.1, 0.15) is 5.41 Å². The number of ether oxygens (including phenoxy) is 4. The van der Waals surface area contributed by atoms with Gasteiger partial charge in [-0.3, -0.25) is 0 Å². The minimum absolute atomic E-state index is 0.00213. The molecule has 0 spiro atoms. The molecule has 15 heavy (non-hydrogen) atoms. The Morgan fingerprint density at radius 2 is 1.53 bits per heavy atom. The fraction of sp³-hybridized carbons (Fsp3) is 1.00. The normalized spacial score (nSPS) is 47.6. The lowest BCUT2D eigenvalue weighted by Crippen LogP contribution is -2.73.